The molecule has 1 saturated heterocycles. The Bertz CT molecular complexity index is 608. The van der Waals surface area contributed by atoms with Crippen LogP contribution in [0, 0.1) is 6.92 Å². The van der Waals surface area contributed by atoms with Crippen molar-refractivity contribution in [3.8, 4) is 0 Å². The van der Waals surface area contributed by atoms with Crippen LogP contribution in [0.1, 0.15) is 30.1 Å². The minimum absolute atomic E-state index is 0.351. The van der Waals surface area contributed by atoms with Gasteiger partial charge in [0.2, 0.25) is 0 Å². The SMILES string of the molecule is Cc1cccc(SCc2noc(C3(O)CCNCC3)n2)c1. The van der Waals surface area contributed by atoms with Crippen LogP contribution in [0.15, 0.2) is 33.7 Å². The van der Waals surface area contributed by atoms with Gasteiger partial charge in [-0.05, 0) is 45.0 Å². The van der Waals surface area contributed by atoms with Crippen molar-refractivity contribution < 1.29 is 9.63 Å². The molecule has 1 aliphatic heterocycles. The molecule has 5 nitrogen and oxygen atoms in total. The van der Waals surface area contributed by atoms with Crippen molar-refractivity contribution in [2.45, 2.75) is 36.0 Å². The number of benzene rings is 1. The van der Waals surface area contributed by atoms with Gasteiger partial charge in [-0.15, -0.1) is 11.8 Å². The van der Waals surface area contributed by atoms with E-state index >= 15 is 0 Å². The van der Waals surface area contributed by atoms with Gasteiger partial charge in [0.05, 0.1) is 5.75 Å². The van der Waals surface area contributed by atoms with Crippen LogP contribution in [-0.4, -0.2) is 28.3 Å². The molecule has 0 amide bonds. The molecule has 0 saturated carbocycles. The Balaban J connectivity index is 1.65. The third-order valence-corrected chi connectivity index (χ3v) is 4.64. The van der Waals surface area contributed by atoms with Crippen LogP contribution in [-0.2, 0) is 11.4 Å². The van der Waals surface area contributed by atoms with Crippen LogP contribution in [0.25, 0.3) is 0 Å². The maximum atomic E-state index is 10.5. The second kappa shape index (κ2) is 6.17. The lowest BCUT2D eigenvalue weighted by Crippen LogP contribution is -2.39. The lowest BCUT2D eigenvalue weighted by molar-refractivity contribution is -0.0228. The number of hydrogen-bond donors (Lipinski definition) is 2. The monoisotopic (exact) mass is 305 g/mol. The third-order valence-electron chi connectivity index (χ3n) is 3.65. The number of piperidine rings is 1. The van der Waals surface area contributed by atoms with Crippen molar-refractivity contribution in [1.29, 1.82) is 0 Å². The Morgan fingerprint density at radius 1 is 1.38 bits per heavy atom. The molecule has 0 bridgehead atoms. The second-order valence-corrected chi connectivity index (χ2v) is 6.45. The van der Waals surface area contributed by atoms with Gasteiger partial charge >= 0.3 is 0 Å². The van der Waals surface area contributed by atoms with E-state index in [1.54, 1.807) is 11.8 Å². The van der Waals surface area contributed by atoms with Gasteiger partial charge in [0, 0.05) is 4.90 Å². The summed E-state index contributed by atoms with van der Waals surface area (Å²) in [4.78, 5) is 5.55. The van der Waals surface area contributed by atoms with Gasteiger partial charge in [-0.3, -0.25) is 0 Å². The summed E-state index contributed by atoms with van der Waals surface area (Å²) < 4.78 is 5.27. The maximum absolute atomic E-state index is 10.5. The molecular weight excluding hydrogens is 286 g/mol. The summed E-state index contributed by atoms with van der Waals surface area (Å²) in [5, 5.41) is 17.7. The van der Waals surface area contributed by atoms with Crippen molar-refractivity contribution >= 4 is 11.8 Å². The van der Waals surface area contributed by atoms with E-state index in [0.717, 1.165) is 13.1 Å². The largest absolute Gasteiger partial charge is 0.380 e. The summed E-state index contributed by atoms with van der Waals surface area (Å²) >= 11 is 1.67. The summed E-state index contributed by atoms with van der Waals surface area (Å²) in [6.07, 6.45) is 1.22. The van der Waals surface area contributed by atoms with E-state index < -0.39 is 5.60 Å². The molecule has 0 unspecified atom stereocenters. The summed E-state index contributed by atoms with van der Waals surface area (Å²) in [6, 6.07) is 8.31. The van der Waals surface area contributed by atoms with Crippen molar-refractivity contribution in [2.75, 3.05) is 13.1 Å². The number of rotatable bonds is 4. The second-order valence-electron chi connectivity index (χ2n) is 5.40. The van der Waals surface area contributed by atoms with Gasteiger partial charge in [-0.1, -0.05) is 22.9 Å². The maximum Gasteiger partial charge on any atom is 0.258 e. The average Bonchev–Trinajstić information content (AvgIpc) is 2.96. The molecule has 6 heteroatoms. The van der Waals surface area contributed by atoms with E-state index in [9.17, 15) is 5.11 Å². The number of aryl methyl sites for hydroxylation is 1. The Kier molecular flexibility index (Phi) is 4.28. The number of hydrogen-bond acceptors (Lipinski definition) is 6. The van der Waals surface area contributed by atoms with Gasteiger partial charge < -0.3 is 14.9 Å². The van der Waals surface area contributed by atoms with Gasteiger partial charge in [-0.2, -0.15) is 4.98 Å². The molecule has 2 N–H and O–H groups in total. The Morgan fingerprint density at radius 2 is 2.19 bits per heavy atom. The smallest absolute Gasteiger partial charge is 0.258 e. The zero-order chi connectivity index (χ0) is 14.7. The Morgan fingerprint density at radius 3 is 2.95 bits per heavy atom. The Labute approximate surface area is 128 Å². The zero-order valence-electron chi connectivity index (χ0n) is 12.0. The van der Waals surface area contributed by atoms with Crippen molar-refractivity contribution in [2.24, 2.45) is 0 Å². The van der Waals surface area contributed by atoms with Gasteiger partial charge in [0.1, 0.15) is 5.60 Å². The van der Waals surface area contributed by atoms with Gasteiger partial charge in [-0.25, -0.2) is 0 Å². The fourth-order valence-electron chi connectivity index (χ4n) is 2.41. The minimum Gasteiger partial charge on any atom is -0.380 e. The molecule has 2 aromatic rings. The van der Waals surface area contributed by atoms with Crippen LogP contribution < -0.4 is 5.32 Å². The summed E-state index contributed by atoms with van der Waals surface area (Å²) in [7, 11) is 0. The first kappa shape index (κ1) is 14.6. The molecule has 1 aromatic carbocycles. The molecular formula is C15H19N3O2S. The first-order chi connectivity index (χ1) is 10.2. The molecule has 1 aromatic heterocycles. The highest BCUT2D eigenvalue weighted by molar-refractivity contribution is 7.98. The number of aromatic nitrogens is 2. The van der Waals surface area contributed by atoms with Crippen LogP contribution in [0.5, 0.6) is 0 Å². The summed E-state index contributed by atoms with van der Waals surface area (Å²) in [5.74, 6) is 1.62. The van der Waals surface area contributed by atoms with Crippen LogP contribution >= 0.6 is 11.8 Å². The van der Waals surface area contributed by atoms with Gasteiger partial charge in [0.15, 0.2) is 5.82 Å². The highest BCUT2D eigenvalue weighted by Gasteiger charge is 2.36. The average molecular weight is 305 g/mol. The third kappa shape index (κ3) is 3.45. The lowest BCUT2D eigenvalue weighted by atomic mass is 9.92. The zero-order valence-corrected chi connectivity index (χ0v) is 12.8. The highest BCUT2D eigenvalue weighted by Crippen LogP contribution is 2.30. The van der Waals surface area contributed by atoms with Crippen LogP contribution in [0.4, 0.5) is 0 Å². The van der Waals surface area contributed by atoms with Crippen LogP contribution in [0.3, 0.4) is 0 Å². The van der Waals surface area contributed by atoms with Crippen LogP contribution in [0.2, 0.25) is 0 Å². The summed E-state index contributed by atoms with van der Waals surface area (Å²) in [6.45, 7) is 3.61. The van der Waals surface area contributed by atoms with Crippen molar-refractivity contribution in [3.63, 3.8) is 0 Å². The first-order valence-corrected chi connectivity index (χ1v) is 8.10. The summed E-state index contributed by atoms with van der Waals surface area (Å²) in [5.41, 5.74) is 0.266. The molecule has 0 aliphatic carbocycles. The van der Waals surface area contributed by atoms with E-state index in [-0.39, 0.29) is 0 Å². The van der Waals surface area contributed by atoms with Crippen molar-refractivity contribution in [1.82, 2.24) is 15.5 Å². The van der Waals surface area contributed by atoms with E-state index in [4.69, 9.17) is 4.52 Å². The van der Waals surface area contributed by atoms with E-state index in [2.05, 4.69) is 40.6 Å². The first-order valence-electron chi connectivity index (χ1n) is 7.11. The standard InChI is InChI=1S/C15H19N3O2S/c1-11-3-2-4-12(9-11)21-10-13-17-14(20-18-13)15(19)5-7-16-8-6-15/h2-4,9,16,19H,5-8,10H2,1H3. The normalized spacial score (nSPS) is 17.8. The molecule has 0 atom stereocenters. The number of nitrogens with one attached hydrogen (secondary N) is 1. The molecule has 1 aliphatic rings. The Hall–Kier alpha value is -1.37. The molecule has 3 rings (SSSR count). The molecule has 21 heavy (non-hydrogen) atoms. The molecule has 112 valence electrons. The lowest BCUT2D eigenvalue weighted by Gasteiger charge is -2.28. The minimum atomic E-state index is -0.968. The molecule has 0 spiro atoms. The van der Waals surface area contributed by atoms with E-state index in [1.165, 1.54) is 10.5 Å². The van der Waals surface area contributed by atoms with Crippen molar-refractivity contribution in [3.05, 3.63) is 41.5 Å². The quantitative estimate of drug-likeness (QED) is 0.844. The van der Waals surface area contributed by atoms with Gasteiger partial charge in [0.25, 0.3) is 5.89 Å². The fourth-order valence-corrected chi connectivity index (χ4v) is 3.27. The molecule has 0 radical (unpaired) electrons. The number of nitrogens with zero attached hydrogens (tertiary/aromatic N) is 2. The van der Waals surface area contributed by atoms with E-state index in [0.29, 0.717) is 30.3 Å². The molecule has 2 heterocycles. The highest BCUT2D eigenvalue weighted by atomic mass is 32.2. The topological polar surface area (TPSA) is 71.2 Å². The fraction of sp³-hybridized carbons (Fsp3) is 0.467. The number of thioether (sulfide) groups is 1. The number of aliphatic hydroxyl groups is 1. The molecule has 1 fully saturated rings. The van der Waals surface area contributed by atoms with E-state index in [1.807, 2.05) is 6.07 Å². The predicted molar refractivity (Wildman–Crippen MR) is 81.0 cm³/mol. The predicted octanol–water partition coefficient (Wildman–Crippen LogP) is 2.24.